The van der Waals surface area contributed by atoms with Crippen LogP contribution in [0.25, 0.3) is 16.8 Å². The molecule has 19 heavy (non-hydrogen) atoms. The second-order valence-electron chi connectivity index (χ2n) is 4.10. The molecule has 0 radical (unpaired) electrons. The van der Waals surface area contributed by atoms with Crippen LogP contribution in [0.1, 0.15) is 0 Å². The summed E-state index contributed by atoms with van der Waals surface area (Å²) in [6.07, 6.45) is 3.50. The molecule has 0 aliphatic rings. The molecule has 0 aliphatic heterocycles. The number of benzene rings is 1. The third-order valence-electron chi connectivity index (χ3n) is 2.84. The average Bonchev–Trinajstić information content (AvgIpc) is 2.74. The lowest BCUT2D eigenvalue weighted by atomic mass is 10.1. The van der Waals surface area contributed by atoms with E-state index in [1.54, 1.807) is 28.9 Å². The Kier molecular flexibility index (Phi) is 2.77. The van der Waals surface area contributed by atoms with Gasteiger partial charge in [0.2, 0.25) is 0 Å². The van der Waals surface area contributed by atoms with E-state index in [0.29, 0.717) is 27.1 Å². The summed E-state index contributed by atoms with van der Waals surface area (Å²) in [6, 6.07) is 6.65. The van der Waals surface area contributed by atoms with E-state index in [1.807, 2.05) is 6.07 Å². The van der Waals surface area contributed by atoms with Gasteiger partial charge in [-0.15, -0.1) is 0 Å². The van der Waals surface area contributed by atoms with E-state index in [2.05, 4.69) is 4.98 Å². The summed E-state index contributed by atoms with van der Waals surface area (Å²) < 4.78 is 1.79. The Balaban J connectivity index is 2.27. The van der Waals surface area contributed by atoms with Gasteiger partial charge in [-0.05, 0) is 29.8 Å². The maximum absolute atomic E-state index is 9.95. The zero-order valence-electron chi connectivity index (χ0n) is 9.64. The van der Waals surface area contributed by atoms with Crippen molar-refractivity contribution in [1.29, 1.82) is 0 Å². The van der Waals surface area contributed by atoms with Gasteiger partial charge in [0.05, 0.1) is 16.2 Å². The summed E-state index contributed by atoms with van der Waals surface area (Å²) in [6.45, 7) is 0. The van der Waals surface area contributed by atoms with E-state index in [4.69, 9.17) is 28.9 Å². The van der Waals surface area contributed by atoms with Crippen molar-refractivity contribution >= 4 is 34.7 Å². The van der Waals surface area contributed by atoms with Crippen molar-refractivity contribution < 1.29 is 5.11 Å². The van der Waals surface area contributed by atoms with Crippen molar-refractivity contribution in [3.05, 3.63) is 46.7 Å². The van der Waals surface area contributed by atoms with E-state index in [1.165, 1.54) is 6.07 Å². The molecule has 0 spiro atoms. The molecule has 0 fully saturated rings. The number of hydrogen-bond donors (Lipinski definition) is 2. The van der Waals surface area contributed by atoms with Gasteiger partial charge >= 0.3 is 0 Å². The number of nitrogens with zero attached hydrogens (tertiary/aromatic N) is 2. The molecule has 1 aromatic carbocycles. The van der Waals surface area contributed by atoms with E-state index in [0.717, 1.165) is 5.56 Å². The van der Waals surface area contributed by atoms with E-state index >= 15 is 0 Å². The predicted octanol–water partition coefficient (Wildman–Crippen LogP) is 3.60. The van der Waals surface area contributed by atoms with Crippen LogP contribution < -0.4 is 5.73 Å². The molecule has 0 bridgehead atoms. The summed E-state index contributed by atoms with van der Waals surface area (Å²) >= 11 is 12.1. The SMILES string of the molecule is Nc1cn2ccc(-c3c(O)ccc(Cl)c3Cl)cc2n1. The highest BCUT2D eigenvalue weighted by Crippen LogP contribution is 2.40. The van der Waals surface area contributed by atoms with Crippen LogP contribution in [0.5, 0.6) is 5.75 Å². The molecule has 96 valence electrons. The van der Waals surface area contributed by atoms with Crippen molar-refractivity contribution in [2.45, 2.75) is 0 Å². The molecular weight excluding hydrogens is 285 g/mol. The molecule has 0 unspecified atom stereocenters. The number of pyridine rings is 1. The zero-order valence-corrected chi connectivity index (χ0v) is 11.2. The van der Waals surface area contributed by atoms with Gasteiger partial charge in [0.15, 0.2) is 0 Å². The Morgan fingerprint density at radius 2 is 2.00 bits per heavy atom. The third kappa shape index (κ3) is 1.99. The van der Waals surface area contributed by atoms with E-state index < -0.39 is 0 Å². The van der Waals surface area contributed by atoms with E-state index in [9.17, 15) is 5.11 Å². The molecule has 6 heteroatoms. The lowest BCUT2D eigenvalue weighted by Gasteiger charge is -2.09. The van der Waals surface area contributed by atoms with Crippen LogP contribution >= 0.6 is 23.2 Å². The second-order valence-corrected chi connectivity index (χ2v) is 4.89. The maximum atomic E-state index is 9.95. The van der Waals surface area contributed by atoms with Crippen LogP contribution in [0.2, 0.25) is 10.0 Å². The van der Waals surface area contributed by atoms with Crippen molar-refractivity contribution in [3.8, 4) is 16.9 Å². The molecule has 3 N–H and O–H groups in total. The van der Waals surface area contributed by atoms with Gasteiger partial charge in [0, 0.05) is 11.8 Å². The first-order valence-electron chi connectivity index (χ1n) is 5.48. The number of phenols is 1. The number of fused-ring (bicyclic) bond motifs is 1. The lowest BCUT2D eigenvalue weighted by molar-refractivity contribution is 0.477. The monoisotopic (exact) mass is 293 g/mol. The quantitative estimate of drug-likeness (QED) is 0.720. The molecule has 2 heterocycles. The van der Waals surface area contributed by atoms with Gasteiger partial charge in [0.25, 0.3) is 0 Å². The van der Waals surface area contributed by atoms with Gasteiger partial charge in [-0.3, -0.25) is 0 Å². The number of aromatic hydroxyl groups is 1. The van der Waals surface area contributed by atoms with Crippen molar-refractivity contribution in [3.63, 3.8) is 0 Å². The summed E-state index contributed by atoms with van der Waals surface area (Å²) in [4.78, 5) is 4.16. The minimum Gasteiger partial charge on any atom is -0.507 e. The Labute approximate surface area is 119 Å². The number of nitrogen functional groups attached to an aromatic ring is 1. The van der Waals surface area contributed by atoms with Gasteiger partial charge in [0.1, 0.15) is 17.2 Å². The molecule has 0 saturated carbocycles. The largest absolute Gasteiger partial charge is 0.507 e. The van der Waals surface area contributed by atoms with Crippen molar-refractivity contribution in [2.75, 3.05) is 5.73 Å². The number of nitrogens with two attached hydrogens (primary N) is 1. The highest BCUT2D eigenvalue weighted by atomic mass is 35.5. The van der Waals surface area contributed by atoms with Crippen molar-refractivity contribution in [2.24, 2.45) is 0 Å². The minimum atomic E-state index is 0.0679. The van der Waals surface area contributed by atoms with E-state index in [-0.39, 0.29) is 5.75 Å². The molecule has 3 rings (SSSR count). The van der Waals surface area contributed by atoms with Crippen LogP contribution in [0.15, 0.2) is 36.7 Å². The molecule has 0 amide bonds. The highest BCUT2D eigenvalue weighted by Gasteiger charge is 2.13. The standard InChI is InChI=1S/C13H9Cl2N3O/c14-8-1-2-9(19)12(13(8)15)7-3-4-18-6-10(16)17-11(18)5-7/h1-6,19H,16H2. The van der Waals surface area contributed by atoms with Crippen molar-refractivity contribution in [1.82, 2.24) is 9.38 Å². The summed E-state index contributed by atoms with van der Waals surface area (Å²) in [5, 5.41) is 10.6. The number of hydrogen-bond acceptors (Lipinski definition) is 3. The number of imidazole rings is 1. The average molecular weight is 294 g/mol. The van der Waals surface area contributed by atoms with Crippen LogP contribution in [0, 0.1) is 0 Å². The highest BCUT2D eigenvalue weighted by molar-refractivity contribution is 6.44. The van der Waals surface area contributed by atoms with Crippen LogP contribution in [-0.2, 0) is 0 Å². The fourth-order valence-corrected chi connectivity index (χ4v) is 2.40. The third-order valence-corrected chi connectivity index (χ3v) is 3.64. The van der Waals surface area contributed by atoms with Gasteiger partial charge in [-0.2, -0.15) is 0 Å². The number of halogens is 2. The predicted molar refractivity (Wildman–Crippen MR) is 76.7 cm³/mol. The van der Waals surface area contributed by atoms with Gasteiger partial charge < -0.3 is 15.2 Å². The normalized spacial score (nSPS) is 11.1. The molecule has 0 aliphatic carbocycles. The first kappa shape index (κ1) is 12.1. The first-order valence-corrected chi connectivity index (χ1v) is 6.23. The second kappa shape index (κ2) is 4.33. The van der Waals surface area contributed by atoms with Crippen LogP contribution in [0.4, 0.5) is 5.82 Å². The molecule has 0 atom stereocenters. The summed E-state index contributed by atoms with van der Waals surface area (Å²) in [5.74, 6) is 0.497. The number of rotatable bonds is 1. The van der Waals surface area contributed by atoms with Gasteiger partial charge in [-0.1, -0.05) is 23.2 Å². The zero-order chi connectivity index (χ0) is 13.6. The smallest absolute Gasteiger partial charge is 0.142 e. The topological polar surface area (TPSA) is 63.5 Å². The Morgan fingerprint density at radius 3 is 2.79 bits per heavy atom. The van der Waals surface area contributed by atoms with Crippen LogP contribution in [0.3, 0.4) is 0 Å². The Hall–Kier alpha value is -1.91. The summed E-state index contributed by atoms with van der Waals surface area (Å²) in [5.41, 5.74) is 7.52. The molecule has 3 aromatic rings. The molecule has 4 nitrogen and oxygen atoms in total. The number of phenolic OH excluding ortho intramolecular Hbond substituents is 1. The van der Waals surface area contributed by atoms with Gasteiger partial charge in [-0.25, -0.2) is 4.98 Å². The fourth-order valence-electron chi connectivity index (χ4n) is 1.97. The van der Waals surface area contributed by atoms with Crippen LogP contribution in [-0.4, -0.2) is 14.5 Å². The fraction of sp³-hybridized carbons (Fsp3) is 0. The number of aromatic nitrogens is 2. The minimum absolute atomic E-state index is 0.0679. The lowest BCUT2D eigenvalue weighted by Crippen LogP contribution is -1.87. The maximum Gasteiger partial charge on any atom is 0.142 e. The molecule has 2 aromatic heterocycles. The summed E-state index contributed by atoms with van der Waals surface area (Å²) in [7, 11) is 0. The Bertz CT molecular complexity index is 783. The molecule has 0 saturated heterocycles. The number of anilines is 1. The first-order chi connectivity index (χ1) is 9.06. The Morgan fingerprint density at radius 1 is 1.21 bits per heavy atom. The molecular formula is C13H9Cl2N3O.